The van der Waals surface area contributed by atoms with Crippen molar-refractivity contribution in [3.05, 3.63) is 18.5 Å². The van der Waals surface area contributed by atoms with Crippen molar-refractivity contribution in [1.29, 1.82) is 0 Å². The van der Waals surface area contributed by atoms with Gasteiger partial charge in [-0.05, 0) is 11.6 Å². The summed E-state index contributed by atoms with van der Waals surface area (Å²) in [6.07, 6.45) is 2.20. The van der Waals surface area contributed by atoms with E-state index in [1.165, 1.54) is 4.80 Å². The molecule has 1 unspecified atom stereocenters. The summed E-state index contributed by atoms with van der Waals surface area (Å²) in [5.74, 6) is 0.562. The highest BCUT2D eigenvalue weighted by Crippen LogP contribution is 1.98. The normalized spacial score (nSPS) is 12.8. The molecular formula is C7H12N4O. The van der Waals surface area contributed by atoms with Crippen LogP contribution in [0, 0.1) is 0 Å². The molecule has 0 aliphatic heterocycles. The second-order valence-corrected chi connectivity index (χ2v) is 2.58. The van der Waals surface area contributed by atoms with Crippen LogP contribution in [0.3, 0.4) is 0 Å². The molecule has 0 saturated carbocycles. The number of nitrogens with zero attached hydrogens (tertiary/aromatic N) is 4. The zero-order valence-electron chi connectivity index (χ0n) is 7.01. The van der Waals surface area contributed by atoms with Gasteiger partial charge in [0.2, 0.25) is 0 Å². The molecule has 1 N–H and O–H groups in total. The summed E-state index contributed by atoms with van der Waals surface area (Å²) in [4.78, 5) is 1.37. The fourth-order valence-corrected chi connectivity index (χ4v) is 0.892. The molecule has 0 radical (unpaired) electrons. The fourth-order valence-electron chi connectivity index (χ4n) is 0.892. The summed E-state index contributed by atoms with van der Waals surface area (Å²) in [6, 6.07) is 0. The van der Waals surface area contributed by atoms with Crippen molar-refractivity contribution in [2.75, 3.05) is 0 Å². The van der Waals surface area contributed by atoms with Gasteiger partial charge in [-0.25, -0.2) is 0 Å². The van der Waals surface area contributed by atoms with Crippen LogP contribution >= 0.6 is 0 Å². The van der Waals surface area contributed by atoms with Gasteiger partial charge in [-0.3, -0.25) is 0 Å². The van der Waals surface area contributed by atoms with Gasteiger partial charge in [-0.2, -0.15) is 4.80 Å². The first-order valence-corrected chi connectivity index (χ1v) is 3.74. The van der Waals surface area contributed by atoms with Crippen molar-refractivity contribution in [2.24, 2.45) is 7.05 Å². The van der Waals surface area contributed by atoms with Gasteiger partial charge in [0.25, 0.3) is 0 Å². The third-order valence-electron chi connectivity index (χ3n) is 1.41. The Morgan fingerprint density at radius 3 is 3.00 bits per heavy atom. The summed E-state index contributed by atoms with van der Waals surface area (Å²) in [6.45, 7) is 3.53. The molecule has 0 aromatic carbocycles. The van der Waals surface area contributed by atoms with Crippen molar-refractivity contribution >= 4 is 0 Å². The molecule has 12 heavy (non-hydrogen) atoms. The molecule has 0 amide bonds. The molecule has 0 saturated heterocycles. The first kappa shape index (κ1) is 8.86. The van der Waals surface area contributed by atoms with E-state index in [1.54, 1.807) is 13.1 Å². The molecule has 0 spiro atoms. The predicted molar refractivity (Wildman–Crippen MR) is 43.3 cm³/mol. The summed E-state index contributed by atoms with van der Waals surface area (Å²) in [7, 11) is 1.69. The zero-order chi connectivity index (χ0) is 8.97. The molecule has 1 aromatic heterocycles. The van der Waals surface area contributed by atoms with Crippen LogP contribution in [-0.4, -0.2) is 31.4 Å². The monoisotopic (exact) mass is 168 g/mol. The number of tetrazole rings is 1. The maximum Gasteiger partial charge on any atom is 0.177 e. The van der Waals surface area contributed by atoms with E-state index in [0.29, 0.717) is 18.7 Å². The Bertz CT molecular complexity index is 258. The summed E-state index contributed by atoms with van der Waals surface area (Å²) in [5.41, 5.74) is 0. The Hall–Kier alpha value is -1.23. The smallest absolute Gasteiger partial charge is 0.177 e. The van der Waals surface area contributed by atoms with Crippen LogP contribution < -0.4 is 0 Å². The third kappa shape index (κ3) is 2.43. The number of rotatable bonds is 4. The third-order valence-corrected chi connectivity index (χ3v) is 1.41. The van der Waals surface area contributed by atoms with Crippen molar-refractivity contribution in [1.82, 2.24) is 20.2 Å². The van der Waals surface area contributed by atoms with Crippen molar-refractivity contribution < 1.29 is 5.11 Å². The van der Waals surface area contributed by atoms with Crippen molar-refractivity contribution in [2.45, 2.75) is 18.9 Å². The summed E-state index contributed by atoms with van der Waals surface area (Å²) in [5, 5.41) is 20.7. The van der Waals surface area contributed by atoms with Crippen LogP contribution in [0.1, 0.15) is 12.2 Å². The number of aryl methyl sites for hydroxylation is 1. The van der Waals surface area contributed by atoms with Gasteiger partial charge < -0.3 is 5.11 Å². The highest BCUT2D eigenvalue weighted by atomic mass is 16.3. The quantitative estimate of drug-likeness (QED) is 0.626. The second kappa shape index (κ2) is 3.96. The molecule has 5 heteroatoms. The highest BCUT2D eigenvalue weighted by molar-refractivity contribution is 4.84. The van der Waals surface area contributed by atoms with Gasteiger partial charge in [0.05, 0.1) is 13.2 Å². The molecule has 1 aromatic rings. The minimum absolute atomic E-state index is 0.430. The van der Waals surface area contributed by atoms with E-state index in [1.807, 2.05) is 0 Å². The standard InChI is InChI=1S/C7H12N4O/c1-3-4-6(12)5-7-8-10-11(2)9-7/h3,6,12H,1,4-5H2,2H3. The van der Waals surface area contributed by atoms with E-state index in [9.17, 15) is 5.11 Å². The Kier molecular flexibility index (Phi) is 2.93. The average Bonchev–Trinajstić information content (AvgIpc) is 2.36. The summed E-state index contributed by atoms with van der Waals surface area (Å²) < 4.78 is 0. The van der Waals surface area contributed by atoms with E-state index in [2.05, 4.69) is 22.0 Å². The first-order valence-electron chi connectivity index (χ1n) is 3.74. The molecular weight excluding hydrogens is 156 g/mol. The Balaban J connectivity index is 2.46. The van der Waals surface area contributed by atoms with Crippen molar-refractivity contribution in [3.63, 3.8) is 0 Å². The molecule has 0 aliphatic rings. The lowest BCUT2D eigenvalue weighted by Crippen LogP contribution is -2.10. The molecule has 66 valence electrons. The molecule has 0 bridgehead atoms. The van der Waals surface area contributed by atoms with Crippen LogP contribution in [0.4, 0.5) is 0 Å². The topological polar surface area (TPSA) is 63.8 Å². The van der Waals surface area contributed by atoms with Gasteiger partial charge in [0.15, 0.2) is 5.82 Å². The number of aliphatic hydroxyl groups is 1. The predicted octanol–water partition coefficient (Wildman–Crippen LogP) is -0.310. The number of hydrogen-bond acceptors (Lipinski definition) is 4. The SMILES string of the molecule is C=CCC(O)Cc1nnn(C)n1. The van der Waals surface area contributed by atoms with Gasteiger partial charge in [-0.15, -0.1) is 16.8 Å². The van der Waals surface area contributed by atoms with Gasteiger partial charge >= 0.3 is 0 Å². The molecule has 0 fully saturated rings. The average molecular weight is 168 g/mol. The Labute approximate surface area is 70.7 Å². The number of hydrogen-bond donors (Lipinski definition) is 1. The molecule has 1 heterocycles. The second-order valence-electron chi connectivity index (χ2n) is 2.58. The highest BCUT2D eigenvalue weighted by Gasteiger charge is 2.07. The minimum atomic E-state index is -0.452. The van der Waals surface area contributed by atoms with Crippen LogP contribution in [0.2, 0.25) is 0 Å². The molecule has 0 aliphatic carbocycles. The summed E-state index contributed by atoms with van der Waals surface area (Å²) >= 11 is 0. The van der Waals surface area contributed by atoms with Crippen LogP contribution in [0.15, 0.2) is 12.7 Å². The van der Waals surface area contributed by atoms with Gasteiger partial charge in [-0.1, -0.05) is 6.08 Å². The largest absolute Gasteiger partial charge is 0.392 e. The minimum Gasteiger partial charge on any atom is -0.392 e. The van der Waals surface area contributed by atoms with E-state index in [0.717, 1.165) is 0 Å². The zero-order valence-corrected chi connectivity index (χ0v) is 7.01. The van der Waals surface area contributed by atoms with Crippen LogP contribution in [0.5, 0.6) is 0 Å². The van der Waals surface area contributed by atoms with E-state index in [4.69, 9.17) is 0 Å². The van der Waals surface area contributed by atoms with E-state index < -0.39 is 6.10 Å². The fraction of sp³-hybridized carbons (Fsp3) is 0.571. The van der Waals surface area contributed by atoms with E-state index >= 15 is 0 Å². The maximum absolute atomic E-state index is 9.32. The number of aliphatic hydroxyl groups excluding tert-OH is 1. The lowest BCUT2D eigenvalue weighted by Gasteiger charge is -2.02. The molecule has 1 atom stereocenters. The maximum atomic E-state index is 9.32. The molecule has 1 rings (SSSR count). The van der Waals surface area contributed by atoms with Crippen LogP contribution in [0.25, 0.3) is 0 Å². The molecule has 5 nitrogen and oxygen atoms in total. The van der Waals surface area contributed by atoms with Gasteiger partial charge in [0.1, 0.15) is 0 Å². The van der Waals surface area contributed by atoms with Gasteiger partial charge in [0, 0.05) is 6.42 Å². The van der Waals surface area contributed by atoms with Crippen LogP contribution in [-0.2, 0) is 13.5 Å². The Morgan fingerprint density at radius 2 is 2.50 bits per heavy atom. The Morgan fingerprint density at radius 1 is 1.75 bits per heavy atom. The lowest BCUT2D eigenvalue weighted by atomic mass is 10.2. The first-order chi connectivity index (χ1) is 5.72. The lowest BCUT2D eigenvalue weighted by molar-refractivity contribution is 0.176. The number of aromatic nitrogens is 4. The van der Waals surface area contributed by atoms with E-state index in [-0.39, 0.29) is 0 Å². The van der Waals surface area contributed by atoms with Crippen molar-refractivity contribution in [3.8, 4) is 0 Å².